The van der Waals surface area contributed by atoms with E-state index in [0.717, 1.165) is 33.2 Å². The smallest absolute Gasteiger partial charge is 0.168 e. The van der Waals surface area contributed by atoms with Crippen LogP contribution in [0.3, 0.4) is 0 Å². The van der Waals surface area contributed by atoms with Crippen molar-refractivity contribution < 1.29 is 0 Å². The van der Waals surface area contributed by atoms with Crippen LogP contribution in [-0.2, 0) is 0 Å². The highest BCUT2D eigenvalue weighted by Gasteiger charge is 2.17. The summed E-state index contributed by atoms with van der Waals surface area (Å²) in [6.07, 6.45) is 1.80. The van der Waals surface area contributed by atoms with Crippen LogP contribution in [0, 0.1) is 34.6 Å². The standard InChI is InChI=1S/C20H20N4S/c1-11-8-12(2)19(13(3)9-11)24-10-21-23-20(24)16-6-7-17-18(14(16)4)22-15(5)25-17/h6-10H,1-5H3. The number of fused-ring (bicyclic) bond motifs is 1. The molecule has 2 aromatic carbocycles. The molecule has 4 nitrogen and oxygen atoms in total. The largest absolute Gasteiger partial charge is 0.281 e. The van der Waals surface area contributed by atoms with Crippen molar-refractivity contribution in [2.24, 2.45) is 0 Å². The van der Waals surface area contributed by atoms with Crippen LogP contribution in [0.25, 0.3) is 27.3 Å². The first-order chi connectivity index (χ1) is 12.0. The Labute approximate surface area is 151 Å². The highest BCUT2D eigenvalue weighted by atomic mass is 32.1. The zero-order valence-electron chi connectivity index (χ0n) is 15.1. The van der Waals surface area contributed by atoms with E-state index in [1.54, 1.807) is 17.7 Å². The van der Waals surface area contributed by atoms with E-state index in [-0.39, 0.29) is 0 Å². The summed E-state index contributed by atoms with van der Waals surface area (Å²) >= 11 is 1.73. The molecule has 0 radical (unpaired) electrons. The molecule has 0 amide bonds. The van der Waals surface area contributed by atoms with Crippen molar-refractivity contribution >= 4 is 21.6 Å². The molecular formula is C20H20N4S. The van der Waals surface area contributed by atoms with Crippen molar-refractivity contribution in [3.63, 3.8) is 0 Å². The maximum atomic E-state index is 4.69. The molecule has 0 bridgehead atoms. The van der Waals surface area contributed by atoms with Gasteiger partial charge in [-0.15, -0.1) is 21.5 Å². The third-order valence-electron chi connectivity index (χ3n) is 4.59. The molecule has 0 atom stereocenters. The van der Waals surface area contributed by atoms with Crippen LogP contribution < -0.4 is 0 Å². The average Bonchev–Trinajstić information content (AvgIpc) is 3.13. The molecule has 4 aromatic rings. The third-order valence-corrected chi connectivity index (χ3v) is 5.52. The normalized spacial score (nSPS) is 11.4. The Kier molecular flexibility index (Phi) is 3.69. The number of hydrogen-bond acceptors (Lipinski definition) is 4. The molecule has 0 N–H and O–H groups in total. The van der Waals surface area contributed by atoms with Crippen molar-refractivity contribution in [2.75, 3.05) is 0 Å². The van der Waals surface area contributed by atoms with E-state index in [0.29, 0.717) is 0 Å². The Hall–Kier alpha value is -2.53. The molecule has 0 saturated carbocycles. The molecule has 0 aliphatic rings. The monoisotopic (exact) mass is 348 g/mol. The van der Waals surface area contributed by atoms with Crippen molar-refractivity contribution in [1.82, 2.24) is 19.7 Å². The molecule has 2 heterocycles. The lowest BCUT2D eigenvalue weighted by Gasteiger charge is -2.15. The molecule has 0 fully saturated rings. The van der Waals surface area contributed by atoms with Gasteiger partial charge in [-0.2, -0.15) is 0 Å². The average molecular weight is 348 g/mol. The lowest BCUT2D eigenvalue weighted by Crippen LogP contribution is -2.03. The van der Waals surface area contributed by atoms with Gasteiger partial charge < -0.3 is 0 Å². The van der Waals surface area contributed by atoms with Crippen molar-refractivity contribution in [3.8, 4) is 17.1 Å². The Morgan fingerprint density at radius 1 is 0.960 bits per heavy atom. The number of hydrogen-bond donors (Lipinski definition) is 0. The maximum Gasteiger partial charge on any atom is 0.168 e. The van der Waals surface area contributed by atoms with Crippen LogP contribution in [0.2, 0.25) is 0 Å². The number of aryl methyl sites for hydroxylation is 5. The molecule has 0 saturated heterocycles. The fourth-order valence-electron chi connectivity index (χ4n) is 3.61. The van der Waals surface area contributed by atoms with Gasteiger partial charge in [0.05, 0.1) is 20.9 Å². The number of aromatic nitrogens is 4. The molecule has 2 aromatic heterocycles. The SMILES string of the molecule is Cc1cc(C)c(-n2cnnc2-c2ccc3sc(C)nc3c2C)c(C)c1. The van der Waals surface area contributed by atoms with Crippen LogP contribution in [-0.4, -0.2) is 19.7 Å². The van der Waals surface area contributed by atoms with Gasteiger partial charge in [0.15, 0.2) is 5.82 Å². The van der Waals surface area contributed by atoms with Gasteiger partial charge in [-0.25, -0.2) is 4.98 Å². The van der Waals surface area contributed by atoms with Gasteiger partial charge in [-0.3, -0.25) is 4.57 Å². The topological polar surface area (TPSA) is 43.6 Å². The van der Waals surface area contributed by atoms with Crippen molar-refractivity contribution in [3.05, 3.63) is 57.9 Å². The summed E-state index contributed by atoms with van der Waals surface area (Å²) in [7, 11) is 0. The summed E-state index contributed by atoms with van der Waals surface area (Å²) in [5.74, 6) is 0.861. The van der Waals surface area contributed by atoms with Gasteiger partial charge in [-0.05, 0) is 63.4 Å². The minimum Gasteiger partial charge on any atom is -0.281 e. The van der Waals surface area contributed by atoms with Gasteiger partial charge in [0.1, 0.15) is 6.33 Å². The van der Waals surface area contributed by atoms with E-state index in [4.69, 9.17) is 4.98 Å². The number of benzene rings is 2. The Morgan fingerprint density at radius 2 is 1.68 bits per heavy atom. The molecule has 126 valence electrons. The highest BCUT2D eigenvalue weighted by Crippen LogP contribution is 2.33. The Bertz CT molecular complexity index is 1080. The lowest BCUT2D eigenvalue weighted by molar-refractivity contribution is 1.02. The predicted molar refractivity (Wildman–Crippen MR) is 104 cm³/mol. The van der Waals surface area contributed by atoms with Crippen molar-refractivity contribution in [2.45, 2.75) is 34.6 Å². The lowest BCUT2D eigenvalue weighted by atomic mass is 10.0. The fourth-order valence-corrected chi connectivity index (χ4v) is 4.50. The zero-order valence-corrected chi connectivity index (χ0v) is 15.9. The van der Waals surface area contributed by atoms with Crippen LogP contribution in [0.5, 0.6) is 0 Å². The van der Waals surface area contributed by atoms with E-state index in [2.05, 4.69) is 66.7 Å². The van der Waals surface area contributed by atoms with E-state index in [9.17, 15) is 0 Å². The first kappa shape index (κ1) is 16.0. The van der Waals surface area contributed by atoms with Crippen LogP contribution in [0.1, 0.15) is 27.3 Å². The minimum absolute atomic E-state index is 0.861. The Balaban J connectivity index is 1.96. The van der Waals surface area contributed by atoms with Gasteiger partial charge in [0, 0.05) is 5.56 Å². The molecule has 4 rings (SSSR count). The van der Waals surface area contributed by atoms with E-state index >= 15 is 0 Å². The van der Waals surface area contributed by atoms with E-state index < -0.39 is 0 Å². The van der Waals surface area contributed by atoms with Crippen LogP contribution in [0.4, 0.5) is 0 Å². The molecular weight excluding hydrogens is 328 g/mol. The molecule has 25 heavy (non-hydrogen) atoms. The second-order valence-corrected chi connectivity index (χ2v) is 7.82. The number of nitrogens with zero attached hydrogens (tertiary/aromatic N) is 4. The Morgan fingerprint density at radius 3 is 2.40 bits per heavy atom. The predicted octanol–water partition coefficient (Wildman–Crippen LogP) is 5.09. The first-order valence-electron chi connectivity index (χ1n) is 8.31. The fraction of sp³-hybridized carbons (Fsp3) is 0.250. The van der Waals surface area contributed by atoms with Gasteiger partial charge in [-0.1, -0.05) is 17.7 Å². The van der Waals surface area contributed by atoms with Gasteiger partial charge in [0.2, 0.25) is 0 Å². The summed E-state index contributed by atoms with van der Waals surface area (Å²) < 4.78 is 3.31. The number of rotatable bonds is 2. The quantitative estimate of drug-likeness (QED) is 0.507. The summed E-state index contributed by atoms with van der Waals surface area (Å²) in [6, 6.07) is 8.67. The third kappa shape index (κ3) is 2.55. The van der Waals surface area contributed by atoms with E-state index in [1.807, 2.05) is 6.92 Å². The first-order valence-corrected chi connectivity index (χ1v) is 9.12. The summed E-state index contributed by atoms with van der Waals surface area (Å²) in [6.45, 7) is 10.6. The molecule has 0 aliphatic heterocycles. The minimum atomic E-state index is 0.861. The summed E-state index contributed by atoms with van der Waals surface area (Å²) in [5, 5.41) is 9.72. The summed E-state index contributed by atoms with van der Waals surface area (Å²) in [4.78, 5) is 4.69. The molecule has 0 spiro atoms. The second-order valence-electron chi connectivity index (χ2n) is 6.59. The van der Waals surface area contributed by atoms with Crippen LogP contribution >= 0.6 is 11.3 Å². The zero-order chi connectivity index (χ0) is 17.7. The molecule has 0 unspecified atom stereocenters. The summed E-state index contributed by atoms with van der Waals surface area (Å²) in [5.41, 5.74) is 8.16. The molecule has 5 heteroatoms. The second kappa shape index (κ2) is 5.77. The molecule has 0 aliphatic carbocycles. The van der Waals surface area contributed by atoms with Crippen LogP contribution in [0.15, 0.2) is 30.6 Å². The highest BCUT2D eigenvalue weighted by molar-refractivity contribution is 7.18. The van der Waals surface area contributed by atoms with Gasteiger partial charge >= 0.3 is 0 Å². The van der Waals surface area contributed by atoms with Gasteiger partial charge in [0.25, 0.3) is 0 Å². The maximum absolute atomic E-state index is 4.69. The number of thiazole rings is 1. The van der Waals surface area contributed by atoms with E-state index in [1.165, 1.54) is 21.4 Å². The van der Waals surface area contributed by atoms with Crippen molar-refractivity contribution in [1.29, 1.82) is 0 Å².